The first-order valence-electron chi connectivity index (χ1n) is 4.91. The molecule has 0 saturated carbocycles. The molecule has 15 heavy (non-hydrogen) atoms. The van der Waals surface area contributed by atoms with Crippen LogP contribution in [0.25, 0.3) is 5.65 Å². The zero-order valence-corrected chi connectivity index (χ0v) is 9.03. The second-order valence-corrected chi connectivity index (χ2v) is 3.82. The van der Waals surface area contributed by atoms with Crippen molar-refractivity contribution in [2.24, 2.45) is 0 Å². The van der Waals surface area contributed by atoms with Crippen LogP contribution in [0.5, 0.6) is 0 Å². The number of hydrogen-bond acceptors (Lipinski definition) is 2. The molecule has 0 aliphatic carbocycles. The second-order valence-electron chi connectivity index (χ2n) is 3.82. The van der Waals surface area contributed by atoms with E-state index in [0.29, 0.717) is 5.65 Å². The Balaban J connectivity index is 2.95. The first-order chi connectivity index (χ1) is 7.02. The first-order valence-corrected chi connectivity index (χ1v) is 4.91. The standard InChI is InChI=1S/C11H14N2O2/c1-6-7(2)13-10(15)5-4-9(8(3)14)11(13)12-6/h4-5,8,12,14H,1-3H3. The number of nitrogens with one attached hydrogen (secondary N) is 1. The van der Waals surface area contributed by atoms with Crippen LogP contribution >= 0.6 is 0 Å². The molecule has 0 aliphatic rings. The highest BCUT2D eigenvalue weighted by atomic mass is 16.3. The summed E-state index contributed by atoms with van der Waals surface area (Å²) in [7, 11) is 0. The van der Waals surface area contributed by atoms with Gasteiger partial charge in [-0.25, -0.2) is 0 Å². The number of aromatic amines is 1. The molecule has 0 spiro atoms. The van der Waals surface area contributed by atoms with Gasteiger partial charge in [-0.1, -0.05) is 0 Å². The van der Waals surface area contributed by atoms with E-state index < -0.39 is 6.10 Å². The number of pyridine rings is 1. The van der Waals surface area contributed by atoms with E-state index in [9.17, 15) is 9.90 Å². The van der Waals surface area contributed by atoms with Gasteiger partial charge in [-0.15, -0.1) is 0 Å². The normalized spacial score (nSPS) is 13.3. The molecule has 0 aliphatic heterocycles. The molecule has 2 rings (SSSR count). The average molecular weight is 206 g/mol. The number of hydrogen-bond donors (Lipinski definition) is 2. The number of imidazole rings is 1. The topological polar surface area (TPSA) is 57.5 Å². The Bertz CT molecular complexity index is 564. The minimum atomic E-state index is -0.585. The quantitative estimate of drug-likeness (QED) is 0.738. The van der Waals surface area contributed by atoms with E-state index in [4.69, 9.17) is 0 Å². The van der Waals surface area contributed by atoms with Gasteiger partial charge in [0.2, 0.25) is 0 Å². The van der Waals surface area contributed by atoms with Crippen molar-refractivity contribution in [1.29, 1.82) is 0 Å². The minimum absolute atomic E-state index is 0.0729. The largest absolute Gasteiger partial charge is 0.389 e. The van der Waals surface area contributed by atoms with E-state index in [-0.39, 0.29) is 5.56 Å². The molecule has 0 amide bonds. The van der Waals surface area contributed by atoms with Crippen molar-refractivity contribution in [3.63, 3.8) is 0 Å². The van der Waals surface area contributed by atoms with Gasteiger partial charge >= 0.3 is 0 Å². The van der Waals surface area contributed by atoms with Crippen molar-refractivity contribution in [3.8, 4) is 0 Å². The van der Waals surface area contributed by atoms with Gasteiger partial charge in [0.1, 0.15) is 5.65 Å². The Labute approximate surface area is 87.2 Å². The third-order valence-corrected chi connectivity index (χ3v) is 2.76. The Hall–Kier alpha value is -1.55. The molecule has 80 valence electrons. The lowest BCUT2D eigenvalue weighted by atomic mass is 10.2. The molecule has 0 aromatic carbocycles. The highest BCUT2D eigenvalue weighted by molar-refractivity contribution is 5.51. The number of fused-ring (bicyclic) bond motifs is 1. The van der Waals surface area contributed by atoms with Gasteiger partial charge in [-0.2, -0.15) is 0 Å². The molecular weight excluding hydrogens is 192 g/mol. The fourth-order valence-corrected chi connectivity index (χ4v) is 1.79. The molecule has 2 heterocycles. The van der Waals surface area contributed by atoms with E-state index >= 15 is 0 Å². The summed E-state index contributed by atoms with van der Waals surface area (Å²) in [5, 5.41) is 9.58. The van der Waals surface area contributed by atoms with Crippen LogP contribution < -0.4 is 5.56 Å². The molecule has 1 unspecified atom stereocenters. The van der Waals surface area contributed by atoms with Crippen molar-refractivity contribution in [1.82, 2.24) is 9.38 Å². The molecule has 0 fully saturated rings. The van der Waals surface area contributed by atoms with Gasteiger partial charge < -0.3 is 10.1 Å². The summed E-state index contributed by atoms with van der Waals surface area (Å²) in [4.78, 5) is 14.8. The minimum Gasteiger partial charge on any atom is -0.389 e. The number of rotatable bonds is 1. The molecule has 1 atom stereocenters. The van der Waals surface area contributed by atoms with Gasteiger partial charge in [0.15, 0.2) is 0 Å². The lowest BCUT2D eigenvalue weighted by Crippen LogP contribution is -2.14. The Morgan fingerprint density at radius 3 is 2.67 bits per heavy atom. The number of H-pyrrole nitrogens is 1. The van der Waals surface area contributed by atoms with Crippen molar-refractivity contribution in [3.05, 3.63) is 39.4 Å². The zero-order chi connectivity index (χ0) is 11.2. The molecule has 0 saturated heterocycles. The molecule has 4 nitrogen and oxygen atoms in total. The van der Waals surface area contributed by atoms with E-state index in [1.165, 1.54) is 6.07 Å². The molecule has 2 aromatic rings. The van der Waals surface area contributed by atoms with Crippen LogP contribution in [0.15, 0.2) is 16.9 Å². The van der Waals surface area contributed by atoms with Crippen LogP contribution in [0.4, 0.5) is 0 Å². The number of aromatic nitrogens is 2. The van der Waals surface area contributed by atoms with Crippen LogP contribution in [0.2, 0.25) is 0 Å². The molecular formula is C11H14N2O2. The van der Waals surface area contributed by atoms with Crippen LogP contribution in [0, 0.1) is 13.8 Å². The van der Waals surface area contributed by atoms with E-state index in [0.717, 1.165) is 17.0 Å². The van der Waals surface area contributed by atoms with Crippen molar-refractivity contribution < 1.29 is 5.11 Å². The number of aliphatic hydroxyl groups excluding tert-OH is 1. The van der Waals surface area contributed by atoms with Gasteiger partial charge in [0.05, 0.1) is 6.10 Å². The Morgan fingerprint density at radius 1 is 1.40 bits per heavy atom. The van der Waals surface area contributed by atoms with Gasteiger partial charge in [0, 0.05) is 23.0 Å². The summed E-state index contributed by atoms with van der Waals surface area (Å²) in [6.07, 6.45) is -0.585. The highest BCUT2D eigenvalue weighted by Gasteiger charge is 2.12. The van der Waals surface area contributed by atoms with Gasteiger partial charge in [0.25, 0.3) is 5.56 Å². The van der Waals surface area contributed by atoms with Gasteiger partial charge in [-0.05, 0) is 26.8 Å². The number of nitrogens with zero attached hydrogens (tertiary/aromatic N) is 1. The van der Waals surface area contributed by atoms with Gasteiger partial charge in [-0.3, -0.25) is 9.20 Å². The van der Waals surface area contributed by atoms with E-state index in [1.54, 1.807) is 17.4 Å². The number of aliphatic hydroxyl groups is 1. The monoisotopic (exact) mass is 206 g/mol. The molecule has 4 heteroatoms. The van der Waals surface area contributed by atoms with Crippen LogP contribution in [0.3, 0.4) is 0 Å². The smallest absolute Gasteiger partial charge is 0.256 e. The lowest BCUT2D eigenvalue weighted by Gasteiger charge is -2.06. The summed E-state index contributed by atoms with van der Waals surface area (Å²) < 4.78 is 1.59. The molecule has 0 bridgehead atoms. The fourth-order valence-electron chi connectivity index (χ4n) is 1.79. The summed E-state index contributed by atoms with van der Waals surface area (Å²) >= 11 is 0. The van der Waals surface area contributed by atoms with Crippen molar-refractivity contribution >= 4 is 5.65 Å². The first kappa shape index (κ1) is 9.98. The number of aryl methyl sites for hydroxylation is 2. The predicted molar refractivity (Wildman–Crippen MR) is 58.1 cm³/mol. The maximum Gasteiger partial charge on any atom is 0.256 e. The fraction of sp³-hybridized carbons (Fsp3) is 0.364. The predicted octanol–water partition coefficient (Wildman–Crippen LogP) is 1.30. The summed E-state index contributed by atoms with van der Waals surface area (Å²) in [5.74, 6) is 0. The third kappa shape index (κ3) is 1.37. The molecule has 2 aromatic heterocycles. The van der Waals surface area contributed by atoms with Crippen LogP contribution in [0.1, 0.15) is 30.0 Å². The Kier molecular flexibility index (Phi) is 2.16. The maximum atomic E-state index is 11.6. The lowest BCUT2D eigenvalue weighted by molar-refractivity contribution is 0.200. The maximum absolute atomic E-state index is 11.6. The van der Waals surface area contributed by atoms with Crippen LogP contribution in [-0.2, 0) is 0 Å². The summed E-state index contributed by atoms with van der Waals surface area (Å²) in [6, 6.07) is 3.15. The third-order valence-electron chi connectivity index (χ3n) is 2.76. The van der Waals surface area contributed by atoms with E-state index in [1.807, 2.05) is 13.8 Å². The summed E-state index contributed by atoms with van der Waals surface area (Å²) in [5.41, 5.74) is 3.19. The van der Waals surface area contributed by atoms with Crippen molar-refractivity contribution in [2.45, 2.75) is 26.9 Å². The SMILES string of the molecule is Cc1[nH]c2c(C(C)O)ccc(=O)n2c1C. The average Bonchev–Trinajstić information content (AvgIpc) is 2.44. The van der Waals surface area contributed by atoms with E-state index in [2.05, 4.69) is 4.98 Å². The Morgan fingerprint density at radius 2 is 2.07 bits per heavy atom. The molecule has 2 N–H and O–H groups in total. The van der Waals surface area contributed by atoms with Crippen molar-refractivity contribution in [2.75, 3.05) is 0 Å². The summed E-state index contributed by atoms with van der Waals surface area (Å²) in [6.45, 7) is 5.48. The van der Waals surface area contributed by atoms with Crippen LogP contribution in [-0.4, -0.2) is 14.5 Å². The second kappa shape index (κ2) is 3.24. The highest BCUT2D eigenvalue weighted by Crippen LogP contribution is 2.18. The molecule has 0 radical (unpaired) electrons. The zero-order valence-electron chi connectivity index (χ0n) is 9.03.